The van der Waals surface area contributed by atoms with Gasteiger partial charge in [-0.15, -0.1) is 0 Å². The van der Waals surface area contributed by atoms with Gasteiger partial charge in [-0.1, -0.05) is 49.4 Å². The molecule has 0 radical (unpaired) electrons. The quantitative estimate of drug-likeness (QED) is 0.723. The molecule has 0 atom stereocenters. The van der Waals surface area contributed by atoms with Gasteiger partial charge in [0.2, 0.25) is 0 Å². The first kappa shape index (κ1) is 12.6. The van der Waals surface area contributed by atoms with E-state index in [-0.39, 0.29) is 5.78 Å². The summed E-state index contributed by atoms with van der Waals surface area (Å²) >= 11 is 0. The number of carbonyl (C=O) groups excluding carboxylic acids is 1. The minimum atomic E-state index is 0.111. The highest BCUT2D eigenvalue weighted by Gasteiger charge is 2.03. The van der Waals surface area contributed by atoms with Gasteiger partial charge in [-0.25, -0.2) is 0 Å². The monoisotopic (exact) mass is 238 g/mol. The van der Waals surface area contributed by atoms with E-state index in [9.17, 15) is 4.79 Å². The first-order valence-corrected chi connectivity index (χ1v) is 6.32. The topological polar surface area (TPSA) is 17.1 Å². The van der Waals surface area contributed by atoms with Gasteiger partial charge < -0.3 is 0 Å². The molecule has 0 amide bonds. The van der Waals surface area contributed by atoms with Crippen molar-refractivity contribution < 1.29 is 4.79 Å². The van der Waals surface area contributed by atoms with Gasteiger partial charge in [-0.3, -0.25) is 4.79 Å². The Labute approximate surface area is 108 Å². The van der Waals surface area contributed by atoms with Gasteiger partial charge in [-0.05, 0) is 42.5 Å². The first-order chi connectivity index (χ1) is 8.61. The van der Waals surface area contributed by atoms with Crippen molar-refractivity contribution in [1.82, 2.24) is 0 Å². The second kappa shape index (κ2) is 5.18. The molecule has 92 valence electrons. The fraction of sp³-hybridized carbons (Fsp3) is 0.235. The molecule has 0 saturated heterocycles. The normalized spacial score (nSPS) is 10.4. The molecule has 0 N–H and O–H groups in total. The molecule has 0 saturated carbocycles. The summed E-state index contributed by atoms with van der Waals surface area (Å²) in [4.78, 5) is 11.2. The van der Waals surface area contributed by atoms with E-state index in [0.717, 1.165) is 17.5 Å². The second-order valence-electron chi connectivity index (χ2n) is 4.63. The molecule has 0 aliphatic rings. The Bertz CT molecular complexity index is 565. The van der Waals surface area contributed by atoms with Crippen molar-refractivity contribution in [2.75, 3.05) is 0 Å². The van der Waals surface area contributed by atoms with Crippen LogP contribution in [0.25, 0.3) is 11.1 Å². The number of benzene rings is 2. The molecular formula is C17H18O. The second-order valence-corrected chi connectivity index (χ2v) is 4.63. The lowest BCUT2D eigenvalue weighted by Crippen LogP contribution is -1.91. The van der Waals surface area contributed by atoms with Crippen LogP contribution in [0.15, 0.2) is 42.5 Å². The molecule has 18 heavy (non-hydrogen) atoms. The van der Waals surface area contributed by atoms with E-state index in [1.165, 1.54) is 16.7 Å². The molecule has 0 aliphatic carbocycles. The fourth-order valence-electron chi connectivity index (χ4n) is 2.13. The number of rotatable bonds is 3. The van der Waals surface area contributed by atoms with Crippen LogP contribution in [0.3, 0.4) is 0 Å². The van der Waals surface area contributed by atoms with Gasteiger partial charge >= 0.3 is 0 Å². The standard InChI is InChI=1S/C17H18O/c1-4-14-11-17(6-5-12(14)2)16-9-7-15(8-10-16)13(3)18/h5-11H,4H2,1-3H3. The van der Waals surface area contributed by atoms with Crippen LogP contribution < -0.4 is 0 Å². The molecule has 1 heteroatoms. The average molecular weight is 238 g/mol. The SMILES string of the molecule is CCc1cc(-c2ccc(C(C)=O)cc2)ccc1C. The summed E-state index contributed by atoms with van der Waals surface area (Å²) in [6.45, 7) is 5.91. The predicted molar refractivity (Wildman–Crippen MR) is 76.0 cm³/mol. The van der Waals surface area contributed by atoms with Crippen LogP contribution in [-0.4, -0.2) is 5.78 Å². The summed E-state index contributed by atoms with van der Waals surface area (Å²) in [6, 6.07) is 14.3. The van der Waals surface area contributed by atoms with E-state index >= 15 is 0 Å². The minimum absolute atomic E-state index is 0.111. The van der Waals surface area contributed by atoms with E-state index in [2.05, 4.69) is 32.0 Å². The Kier molecular flexibility index (Phi) is 3.61. The molecule has 0 bridgehead atoms. The zero-order valence-electron chi connectivity index (χ0n) is 11.2. The summed E-state index contributed by atoms with van der Waals surface area (Å²) in [6.07, 6.45) is 1.05. The average Bonchev–Trinajstić information content (AvgIpc) is 2.39. The molecule has 1 nitrogen and oxygen atoms in total. The van der Waals surface area contributed by atoms with Gasteiger partial charge in [0.05, 0.1) is 0 Å². The summed E-state index contributed by atoms with van der Waals surface area (Å²) < 4.78 is 0. The van der Waals surface area contributed by atoms with Crippen molar-refractivity contribution in [1.29, 1.82) is 0 Å². The lowest BCUT2D eigenvalue weighted by molar-refractivity contribution is 0.101. The Morgan fingerprint density at radius 1 is 1.00 bits per heavy atom. The number of aryl methyl sites for hydroxylation is 2. The van der Waals surface area contributed by atoms with Crippen LogP contribution in [-0.2, 0) is 6.42 Å². The number of hydrogen-bond acceptors (Lipinski definition) is 1. The smallest absolute Gasteiger partial charge is 0.159 e. The van der Waals surface area contributed by atoms with Crippen molar-refractivity contribution in [2.24, 2.45) is 0 Å². The van der Waals surface area contributed by atoms with Crippen molar-refractivity contribution in [3.05, 3.63) is 59.2 Å². The van der Waals surface area contributed by atoms with Crippen LogP contribution in [0.2, 0.25) is 0 Å². The molecule has 2 aromatic carbocycles. The highest BCUT2D eigenvalue weighted by atomic mass is 16.1. The van der Waals surface area contributed by atoms with Gasteiger partial charge in [0.25, 0.3) is 0 Å². The molecule has 2 rings (SSSR count). The highest BCUT2D eigenvalue weighted by Crippen LogP contribution is 2.23. The zero-order valence-corrected chi connectivity index (χ0v) is 11.2. The molecule has 0 unspecified atom stereocenters. The van der Waals surface area contributed by atoms with Gasteiger partial charge in [0.15, 0.2) is 5.78 Å². The Hall–Kier alpha value is -1.89. The third-order valence-corrected chi connectivity index (χ3v) is 3.35. The fourth-order valence-corrected chi connectivity index (χ4v) is 2.13. The van der Waals surface area contributed by atoms with Crippen molar-refractivity contribution in [3.8, 4) is 11.1 Å². The summed E-state index contributed by atoms with van der Waals surface area (Å²) in [7, 11) is 0. The molecule has 0 aromatic heterocycles. The number of Topliss-reactive ketones (excluding diaryl/α,β-unsaturated/α-hetero) is 1. The summed E-state index contributed by atoms with van der Waals surface area (Å²) in [5.74, 6) is 0.111. The van der Waals surface area contributed by atoms with Crippen LogP contribution in [0.1, 0.15) is 35.3 Å². The van der Waals surface area contributed by atoms with E-state index in [1.54, 1.807) is 6.92 Å². The first-order valence-electron chi connectivity index (χ1n) is 6.32. The third kappa shape index (κ3) is 2.51. The Balaban J connectivity index is 2.39. The van der Waals surface area contributed by atoms with Crippen molar-refractivity contribution in [2.45, 2.75) is 27.2 Å². The number of carbonyl (C=O) groups is 1. The molecular weight excluding hydrogens is 220 g/mol. The molecule has 0 heterocycles. The van der Waals surface area contributed by atoms with Crippen LogP contribution in [0.4, 0.5) is 0 Å². The van der Waals surface area contributed by atoms with E-state index < -0.39 is 0 Å². The van der Waals surface area contributed by atoms with E-state index in [1.807, 2.05) is 24.3 Å². The number of ketones is 1. The maximum Gasteiger partial charge on any atom is 0.159 e. The van der Waals surface area contributed by atoms with Crippen LogP contribution in [0, 0.1) is 6.92 Å². The van der Waals surface area contributed by atoms with Crippen molar-refractivity contribution in [3.63, 3.8) is 0 Å². The lowest BCUT2D eigenvalue weighted by atomic mass is 9.97. The molecule has 0 fully saturated rings. The third-order valence-electron chi connectivity index (χ3n) is 3.35. The summed E-state index contributed by atoms with van der Waals surface area (Å²) in [5.41, 5.74) is 5.86. The maximum absolute atomic E-state index is 11.2. The zero-order chi connectivity index (χ0) is 13.1. The largest absolute Gasteiger partial charge is 0.295 e. The summed E-state index contributed by atoms with van der Waals surface area (Å²) in [5, 5.41) is 0. The number of hydrogen-bond donors (Lipinski definition) is 0. The van der Waals surface area contributed by atoms with Crippen LogP contribution in [0.5, 0.6) is 0 Å². The van der Waals surface area contributed by atoms with E-state index in [0.29, 0.717) is 0 Å². The highest BCUT2D eigenvalue weighted by molar-refractivity contribution is 5.94. The Morgan fingerprint density at radius 3 is 2.17 bits per heavy atom. The maximum atomic E-state index is 11.2. The molecule has 0 spiro atoms. The molecule has 2 aromatic rings. The van der Waals surface area contributed by atoms with Crippen LogP contribution >= 0.6 is 0 Å². The predicted octanol–water partition coefficient (Wildman–Crippen LogP) is 4.43. The van der Waals surface area contributed by atoms with Gasteiger partial charge in [0, 0.05) is 5.56 Å². The lowest BCUT2D eigenvalue weighted by Gasteiger charge is -2.08. The Morgan fingerprint density at radius 2 is 1.61 bits per heavy atom. The molecule has 0 aliphatic heterocycles. The van der Waals surface area contributed by atoms with Crippen molar-refractivity contribution >= 4 is 5.78 Å². The van der Waals surface area contributed by atoms with E-state index in [4.69, 9.17) is 0 Å². The van der Waals surface area contributed by atoms with Gasteiger partial charge in [0.1, 0.15) is 0 Å². The van der Waals surface area contributed by atoms with Gasteiger partial charge in [-0.2, -0.15) is 0 Å². The minimum Gasteiger partial charge on any atom is -0.295 e.